The molecule has 1 aliphatic heterocycles. The number of nitrogens with zero attached hydrogens (tertiary/aromatic N) is 5. The second-order valence-electron chi connectivity index (χ2n) is 8.92. The highest BCUT2D eigenvalue weighted by Crippen LogP contribution is 2.26. The highest BCUT2D eigenvalue weighted by atomic mass is 19.1. The molecule has 0 bridgehead atoms. The molecule has 3 aromatic rings. The van der Waals surface area contributed by atoms with E-state index in [0.29, 0.717) is 23.1 Å². The van der Waals surface area contributed by atoms with Crippen LogP contribution in [0.1, 0.15) is 51.4 Å². The van der Waals surface area contributed by atoms with Gasteiger partial charge in [0.15, 0.2) is 11.5 Å². The third kappa shape index (κ3) is 4.31. The van der Waals surface area contributed by atoms with Crippen LogP contribution >= 0.6 is 0 Å². The molecule has 2 fully saturated rings. The normalized spacial score (nSPS) is 18.6. The first kappa shape index (κ1) is 20.8. The Kier molecular flexibility index (Phi) is 6.01. The van der Waals surface area contributed by atoms with Crippen LogP contribution < -0.4 is 10.2 Å². The monoisotopic (exact) mass is 436 g/mol. The molecule has 0 unspecified atom stereocenters. The van der Waals surface area contributed by atoms with Gasteiger partial charge < -0.3 is 10.2 Å². The fourth-order valence-corrected chi connectivity index (χ4v) is 4.87. The van der Waals surface area contributed by atoms with Gasteiger partial charge >= 0.3 is 0 Å². The maximum atomic E-state index is 14.3. The van der Waals surface area contributed by atoms with E-state index in [1.807, 2.05) is 12.1 Å². The number of carbonyl (C=O) groups excluding carboxylic acids is 1. The number of fused-ring (bicyclic) bond motifs is 1. The lowest BCUT2D eigenvalue weighted by molar-refractivity contribution is -0.126. The second-order valence-corrected chi connectivity index (χ2v) is 8.92. The summed E-state index contributed by atoms with van der Waals surface area (Å²) >= 11 is 0. The Bertz CT molecular complexity index is 1080. The van der Waals surface area contributed by atoms with Gasteiger partial charge in [0.25, 0.3) is 0 Å². The van der Waals surface area contributed by atoms with Crippen LogP contribution in [0.25, 0.3) is 17.0 Å². The highest BCUT2D eigenvalue weighted by molar-refractivity contribution is 5.79. The molecule has 2 aliphatic rings. The Hall–Kier alpha value is -3.03. The van der Waals surface area contributed by atoms with Crippen molar-refractivity contribution in [3.63, 3.8) is 0 Å². The molecule has 1 saturated heterocycles. The Morgan fingerprint density at radius 2 is 1.69 bits per heavy atom. The molecule has 3 heterocycles. The zero-order valence-corrected chi connectivity index (χ0v) is 18.2. The predicted octanol–water partition coefficient (Wildman–Crippen LogP) is 3.99. The van der Waals surface area contributed by atoms with Gasteiger partial charge in [-0.2, -0.15) is 4.52 Å². The number of carbonyl (C=O) groups is 1. The molecule has 1 amide bonds. The molecule has 168 valence electrons. The zero-order chi connectivity index (χ0) is 21.9. The predicted molar refractivity (Wildman–Crippen MR) is 121 cm³/mol. The van der Waals surface area contributed by atoms with Crippen LogP contribution in [-0.4, -0.2) is 44.8 Å². The lowest BCUT2D eigenvalue weighted by Crippen LogP contribution is -2.44. The number of nitrogens with one attached hydrogen (secondary N) is 1. The second kappa shape index (κ2) is 9.22. The van der Waals surface area contributed by atoms with Gasteiger partial charge in [-0.1, -0.05) is 37.8 Å². The van der Waals surface area contributed by atoms with E-state index in [2.05, 4.69) is 20.4 Å². The first-order valence-electron chi connectivity index (χ1n) is 11.7. The van der Waals surface area contributed by atoms with Crippen LogP contribution in [0.3, 0.4) is 0 Å². The van der Waals surface area contributed by atoms with Gasteiger partial charge in [0, 0.05) is 25.0 Å². The van der Waals surface area contributed by atoms with Crippen molar-refractivity contribution in [2.45, 2.75) is 57.4 Å². The van der Waals surface area contributed by atoms with Crippen molar-refractivity contribution >= 4 is 17.4 Å². The van der Waals surface area contributed by atoms with Crippen molar-refractivity contribution in [1.29, 1.82) is 0 Å². The van der Waals surface area contributed by atoms with Gasteiger partial charge in [-0.25, -0.2) is 4.39 Å². The minimum atomic E-state index is -0.352. The summed E-state index contributed by atoms with van der Waals surface area (Å²) in [6.07, 6.45) is 8.84. The third-order valence-corrected chi connectivity index (χ3v) is 6.75. The molecule has 0 spiro atoms. The number of aromatic nitrogens is 4. The summed E-state index contributed by atoms with van der Waals surface area (Å²) in [4.78, 5) is 15.0. The fraction of sp³-hybridized carbons (Fsp3) is 0.500. The number of piperidine rings is 1. The van der Waals surface area contributed by atoms with Crippen LogP contribution in [0.5, 0.6) is 0 Å². The standard InChI is InChI=1S/C24H29FN6O/c25-20-10-6-5-9-19(20)23-28-27-21-11-12-22(29-31(21)23)30-15-13-17(14-16-30)24(32)26-18-7-3-1-2-4-8-18/h5-6,9-12,17-18H,1-4,7-8,13-16H2,(H,26,32). The number of hydrogen-bond acceptors (Lipinski definition) is 5. The Morgan fingerprint density at radius 3 is 2.44 bits per heavy atom. The highest BCUT2D eigenvalue weighted by Gasteiger charge is 2.27. The van der Waals surface area contributed by atoms with E-state index in [0.717, 1.165) is 44.6 Å². The van der Waals surface area contributed by atoms with E-state index in [1.54, 1.807) is 22.7 Å². The van der Waals surface area contributed by atoms with Gasteiger partial charge in [0.2, 0.25) is 5.91 Å². The van der Waals surface area contributed by atoms with E-state index < -0.39 is 0 Å². The average molecular weight is 437 g/mol. The first-order chi connectivity index (χ1) is 15.7. The van der Waals surface area contributed by atoms with Gasteiger partial charge in [0.1, 0.15) is 11.6 Å². The maximum absolute atomic E-state index is 14.3. The van der Waals surface area contributed by atoms with Crippen LogP contribution in [-0.2, 0) is 4.79 Å². The largest absolute Gasteiger partial charge is 0.355 e. The van der Waals surface area contributed by atoms with Gasteiger partial charge in [-0.15, -0.1) is 15.3 Å². The number of rotatable bonds is 4. The first-order valence-corrected chi connectivity index (χ1v) is 11.7. The number of hydrogen-bond donors (Lipinski definition) is 1. The van der Waals surface area contributed by atoms with Crippen molar-refractivity contribution in [2.75, 3.05) is 18.0 Å². The lowest BCUT2D eigenvalue weighted by Gasteiger charge is -2.32. The average Bonchev–Trinajstić information content (AvgIpc) is 3.07. The van der Waals surface area contributed by atoms with Crippen molar-refractivity contribution in [3.8, 4) is 11.4 Å². The molecule has 2 aromatic heterocycles. The summed E-state index contributed by atoms with van der Waals surface area (Å²) in [6, 6.07) is 10.6. The number of benzene rings is 1. The van der Waals surface area contributed by atoms with Crippen molar-refractivity contribution in [1.82, 2.24) is 25.1 Å². The number of amides is 1. The van der Waals surface area contributed by atoms with E-state index in [-0.39, 0.29) is 17.6 Å². The molecule has 8 heteroatoms. The molecule has 1 aromatic carbocycles. The van der Waals surface area contributed by atoms with Gasteiger partial charge in [-0.3, -0.25) is 4.79 Å². The van der Waals surface area contributed by atoms with Crippen molar-refractivity contribution < 1.29 is 9.18 Å². The summed E-state index contributed by atoms with van der Waals surface area (Å²) in [5.41, 5.74) is 0.947. The van der Waals surface area contributed by atoms with Gasteiger partial charge in [-0.05, 0) is 49.9 Å². The molecule has 1 saturated carbocycles. The minimum absolute atomic E-state index is 0.0575. The quantitative estimate of drug-likeness (QED) is 0.626. The summed E-state index contributed by atoms with van der Waals surface area (Å²) in [7, 11) is 0. The third-order valence-electron chi connectivity index (χ3n) is 6.75. The van der Waals surface area contributed by atoms with E-state index in [4.69, 9.17) is 5.10 Å². The number of anilines is 1. The SMILES string of the molecule is O=C(NC1CCCCCC1)C1CCN(c2ccc3nnc(-c4ccccc4F)n3n2)CC1. The van der Waals surface area contributed by atoms with Crippen LogP contribution in [0.4, 0.5) is 10.2 Å². The molecule has 32 heavy (non-hydrogen) atoms. The molecule has 1 N–H and O–H groups in total. The minimum Gasteiger partial charge on any atom is -0.355 e. The van der Waals surface area contributed by atoms with E-state index in [9.17, 15) is 9.18 Å². The zero-order valence-electron chi connectivity index (χ0n) is 18.2. The van der Waals surface area contributed by atoms with Crippen LogP contribution in [0.2, 0.25) is 0 Å². The Labute approximate surface area is 187 Å². The summed E-state index contributed by atoms with van der Waals surface area (Å²) in [5, 5.41) is 16.3. The van der Waals surface area contributed by atoms with Gasteiger partial charge in [0.05, 0.1) is 5.56 Å². The molecule has 0 radical (unpaired) electrons. The molecule has 0 atom stereocenters. The Morgan fingerprint density at radius 1 is 0.938 bits per heavy atom. The molecular formula is C24H29FN6O. The molecule has 7 nitrogen and oxygen atoms in total. The number of halogens is 1. The van der Waals surface area contributed by atoms with E-state index in [1.165, 1.54) is 31.7 Å². The van der Waals surface area contributed by atoms with Crippen LogP contribution in [0, 0.1) is 11.7 Å². The summed E-state index contributed by atoms with van der Waals surface area (Å²) in [5.74, 6) is 1.09. The summed E-state index contributed by atoms with van der Waals surface area (Å²) < 4.78 is 15.9. The molecular weight excluding hydrogens is 407 g/mol. The topological polar surface area (TPSA) is 75.4 Å². The van der Waals surface area contributed by atoms with Crippen molar-refractivity contribution in [3.05, 3.63) is 42.2 Å². The van der Waals surface area contributed by atoms with Crippen LogP contribution in [0.15, 0.2) is 36.4 Å². The van der Waals surface area contributed by atoms with E-state index >= 15 is 0 Å². The summed E-state index contributed by atoms with van der Waals surface area (Å²) in [6.45, 7) is 1.52. The molecule has 5 rings (SSSR count). The smallest absolute Gasteiger partial charge is 0.223 e. The maximum Gasteiger partial charge on any atom is 0.223 e. The Balaban J connectivity index is 1.26. The van der Waals surface area contributed by atoms with Crippen molar-refractivity contribution in [2.24, 2.45) is 5.92 Å². The fourth-order valence-electron chi connectivity index (χ4n) is 4.87. The lowest BCUT2D eigenvalue weighted by atomic mass is 9.95. The molecule has 1 aliphatic carbocycles.